The van der Waals surface area contributed by atoms with Crippen LogP contribution in [0.15, 0.2) is 40.1 Å². The summed E-state index contributed by atoms with van der Waals surface area (Å²) in [5.74, 6) is 6.27. The van der Waals surface area contributed by atoms with Gasteiger partial charge in [0.15, 0.2) is 0 Å². The number of hydrogen-bond donors (Lipinski definition) is 3. The first-order valence-corrected chi connectivity index (χ1v) is 7.97. The highest BCUT2D eigenvalue weighted by Gasteiger charge is 2.35. The molecule has 0 saturated carbocycles. The Morgan fingerprint density at radius 3 is 2.65 bits per heavy atom. The van der Waals surface area contributed by atoms with Gasteiger partial charge in [-0.1, -0.05) is 11.8 Å². The molecule has 3 N–H and O–H groups in total. The van der Waals surface area contributed by atoms with Crippen molar-refractivity contribution in [1.82, 2.24) is 9.55 Å². The van der Waals surface area contributed by atoms with Crippen LogP contribution in [0.4, 0.5) is 0 Å². The molecule has 0 spiro atoms. The average Bonchev–Trinajstić information content (AvgIpc) is 3.02. The quantitative estimate of drug-likeness (QED) is 0.643. The van der Waals surface area contributed by atoms with Crippen molar-refractivity contribution >= 4 is 0 Å². The second kappa shape index (κ2) is 7.58. The second-order valence-electron chi connectivity index (χ2n) is 5.80. The first kappa shape index (κ1) is 17.9. The Bertz CT molecular complexity index is 951. The summed E-state index contributed by atoms with van der Waals surface area (Å²) in [4.78, 5) is 26.2. The summed E-state index contributed by atoms with van der Waals surface area (Å²) < 4.78 is 11.7. The molecular weight excluding hydrogens is 340 g/mol. The van der Waals surface area contributed by atoms with Gasteiger partial charge in [0.2, 0.25) is 0 Å². The highest BCUT2D eigenvalue weighted by Crippen LogP contribution is 2.27. The van der Waals surface area contributed by atoms with Crippen LogP contribution < -0.4 is 16.0 Å². The minimum absolute atomic E-state index is 0.0888. The molecule has 8 nitrogen and oxygen atoms in total. The van der Waals surface area contributed by atoms with Gasteiger partial charge in [0.25, 0.3) is 5.56 Å². The largest absolute Gasteiger partial charge is 0.497 e. The Balaban J connectivity index is 1.91. The molecule has 136 valence electrons. The average molecular weight is 358 g/mol. The molecule has 1 aromatic heterocycles. The van der Waals surface area contributed by atoms with Gasteiger partial charge in [-0.25, -0.2) is 4.79 Å². The molecule has 1 aliphatic rings. The van der Waals surface area contributed by atoms with Crippen molar-refractivity contribution in [3.8, 4) is 17.6 Å². The fourth-order valence-corrected chi connectivity index (χ4v) is 2.65. The van der Waals surface area contributed by atoms with Gasteiger partial charge in [0, 0.05) is 18.2 Å². The Labute approximate surface area is 148 Å². The van der Waals surface area contributed by atoms with E-state index >= 15 is 0 Å². The fraction of sp³-hybridized carbons (Fsp3) is 0.333. The molecule has 0 amide bonds. The number of methoxy groups -OCH3 is 1. The van der Waals surface area contributed by atoms with Gasteiger partial charge < -0.3 is 19.7 Å². The van der Waals surface area contributed by atoms with Crippen LogP contribution in [0.25, 0.3) is 0 Å². The zero-order chi connectivity index (χ0) is 18.7. The summed E-state index contributed by atoms with van der Waals surface area (Å²) in [6, 6.07) is 6.99. The summed E-state index contributed by atoms with van der Waals surface area (Å²) in [6.07, 6.45) is -1.02. The summed E-state index contributed by atoms with van der Waals surface area (Å²) >= 11 is 0. The van der Waals surface area contributed by atoms with Gasteiger partial charge in [-0.05, 0) is 24.3 Å². The molecule has 0 bridgehead atoms. The summed E-state index contributed by atoms with van der Waals surface area (Å²) in [7, 11) is 1.56. The minimum Gasteiger partial charge on any atom is -0.497 e. The summed E-state index contributed by atoms with van der Waals surface area (Å²) in [5, 5.41) is 19.0. The van der Waals surface area contributed by atoms with Crippen molar-refractivity contribution in [2.75, 3.05) is 13.7 Å². The number of aliphatic hydroxyl groups excluding tert-OH is 2. The van der Waals surface area contributed by atoms with Crippen LogP contribution in [-0.2, 0) is 4.74 Å². The van der Waals surface area contributed by atoms with Crippen LogP contribution >= 0.6 is 0 Å². The van der Waals surface area contributed by atoms with E-state index in [0.29, 0.717) is 11.3 Å². The predicted molar refractivity (Wildman–Crippen MR) is 91.9 cm³/mol. The monoisotopic (exact) mass is 358 g/mol. The van der Waals surface area contributed by atoms with Crippen molar-refractivity contribution in [3.63, 3.8) is 0 Å². The maximum absolute atomic E-state index is 12.0. The molecule has 3 rings (SSSR count). The first-order chi connectivity index (χ1) is 12.5. The lowest BCUT2D eigenvalue weighted by molar-refractivity contribution is -0.0459. The third-order valence-electron chi connectivity index (χ3n) is 4.09. The van der Waals surface area contributed by atoms with Crippen molar-refractivity contribution in [2.45, 2.75) is 24.9 Å². The first-order valence-electron chi connectivity index (χ1n) is 7.97. The molecule has 0 unspecified atom stereocenters. The number of nitrogens with one attached hydrogen (secondary N) is 1. The van der Waals surface area contributed by atoms with Crippen LogP contribution in [0.5, 0.6) is 5.75 Å². The topological polar surface area (TPSA) is 114 Å². The van der Waals surface area contributed by atoms with Crippen molar-refractivity contribution in [1.29, 1.82) is 0 Å². The number of benzene rings is 1. The number of rotatable bonds is 3. The van der Waals surface area contributed by atoms with Crippen LogP contribution in [0.2, 0.25) is 0 Å². The SMILES string of the molecule is COc1ccc(C#Cc2cn([C@H]3C[C@H](O)[C@@H](CO)O3)c(=O)[nH]c2=O)cc1. The van der Waals surface area contributed by atoms with Gasteiger partial charge in [-0.15, -0.1) is 0 Å². The molecule has 2 aromatic rings. The van der Waals surface area contributed by atoms with E-state index in [4.69, 9.17) is 14.6 Å². The van der Waals surface area contributed by atoms with Crippen LogP contribution in [-0.4, -0.2) is 45.7 Å². The predicted octanol–water partition coefficient (Wildman–Crippen LogP) is -0.414. The summed E-state index contributed by atoms with van der Waals surface area (Å²) in [5.41, 5.74) is -0.507. The Hall–Kier alpha value is -2.86. The highest BCUT2D eigenvalue weighted by atomic mass is 16.5. The molecule has 26 heavy (non-hydrogen) atoms. The van der Waals surface area contributed by atoms with E-state index in [0.717, 1.165) is 4.57 Å². The molecule has 2 heterocycles. The van der Waals surface area contributed by atoms with Gasteiger partial charge >= 0.3 is 5.69 Å². The minimum atomic E-state index is -0.891. The number of aromatic amines is 1. The molecule has 1 aromatic carbocycles. The van der Waals surface area contributed by atoms with Gasteiger partial charge in [0.05, 0.1) is 19.8 Å². The molecule has 1 aliphatic heterocycles. The zero-order valence-corrected chi connectivity index (χ0v) is 14.0. The summed E-state index contributed by atoms with van der Waals surface area (Å²) in [6.45, 7) is -0.361. The number of hydrogen-bond acceptors (Lipinski definition) is 6. The number of H-pyrrole nitrogens is 1. The second-order valence-corrected chi connectivity index (χ2v) is 5.80. The fourth-order valence-electron chi connectivity index (χ4n) is 2.65. The van der Waals surface area contributed by atoms with Gasteiger partial charge in [-0.2, -0.15) is 0 Å². The normalized spacial score (nSPS) is 21.9. The molecule has 0 radical (unpaired) electrons. The lowest BCUT2D eigenvalue weighted by Crippen LogP contribution is -2.33. The van der Waals surface area contributed by atoms with Crippen molar-refractivity contribution < 1.29 is 19.7 Å². The van der Waals surface area contributed by atoms with Gasteiger partial charge in [0.1, 0.15) is 23.6 Å². The molecule has 3 atom stereocenters. The molecule has 1 fully saturated rings. The van der Waals surface area contributed by atoms with Crippen molar-refractivity contribution in [3.05, 3.63) is 62.4 Å². The molecule has 0 aliphatic carbocycles. The van der Waals surface area contributed by atoms with Crippen LogP contribution in [0.3, 0.4) is 0 Å². The Morgan fingerprint density at radius 2 is 2.04 bits per heavy atom. The van der Waals surface area contributed by atoms with Crippen LogP contribution in [0.1, 0.15) is 23.8 Å². The molecule has 8 heteroatoms. The van der Waals surface area contributed by atoms with Gasteiger partial charge in [-0.3, -0.25) is 14.3 Å². The third kappa shape index (κ3) is 3.70. The van der Waals surface area contributed by atoms with E-state index in [1.54, 1.807) is 31.4 Å². The number of aromatic nitrogens is 2. The van der Waals surface area contributed by atoms with E-state index in [2.05, 4.69) is 16.8 Å². The smallest absolute Gasteiger partial charge is 0.330 e. The van der Waals surface area contributed by atoms with E-state index in [1.165, 1.54) is 6.20 Å². The number of aliphatic hydroxyl groups is 2. The highest BCUT2D eigenvalue weighted by molar-refractivity contribution is 5.43. The van der Waals surface area contributed by atoms with E-state index in [1.807, 2.05) is 0 Å². The molecule has 1 saturated heterocycles. The Morgan fingerprint density at radius 1 is 1.31 bits per heavy atom. The third-order valence-corrected chi connectivity index (χ3v) is 4.09. The lowest BCUT2D eigenvalue weighted by atomic mass is 10.2. The Kier molecular flexibility index (Phi) is 5.23. The maximum atomic E-state index is 12.0. The maximum Gasteiger partial charge on any atom is 0.330 e. The van der Waals surface area contributed by atoms with Crippen molar-refractivity contribution in [2.24, 2.45) is 0 Å². The lowest BCUT2D eigenvalue weighted by Gasteiger charge is -2.14. The standard InChI is InChI=1S/C18H18N2O6/c1-25-13-6-3-11(4-7-13)2-5-12-9-20(18(24)19-17(12)23)16-8-14(22)15(10-21)26-16/h3-4,6-7,9,14-16,21-22H,8,10H2,1H3,(H,19,23,24)/t14-,15+,16+/m0/s1. The molecular formula is C18H18N2O6. The number of nitrogens with zero attached hydrogens (tertiary/aromatic N) is 1. The van der Waals surface area contributed by atoms with Crippen LogP contribution in [0, 0.1) is 11.8 Å². The zero-order valence-electron chi connectivity index (χ0n) is 14.0. The van der Waals surface area contributed by atoms with E-state index in [9.17, 15) is 14.7 Å². The van der Waals surface area contributed by atoms with E-state index < -0.39 is 29.7 Å². The number of ether oxygens (including phenoxy) is 2. The van der Waals surface area contributed by atoms with E-state index in [-0.39, 0.29) is 18.6 Å².